The second-order valence-corrected chi connectivity index (χ2v) is 6.67. The van der Waals surface area contributed by atoms with Gasteiger partial charge in [0, 0.05) is 17.6 Å². The highest BCUT2D eigenvalue weighted by Gasteiger charge is 2.29. The third-order valence-electron chi connectivity index (χ3n) is 3.35. The number of benzene rings is 1. The van der Waals surface area contributed by atoms with Crippen molar-refractivity contribution < 1.29 is 19.4 Å². The van der Waals surface area contributed by atoms with Gasteiger partial charge >= 0.3 is 5.97 Å². The lowest BCUT2D eigenvalue weighted by Gasteiger charge is -2.28. The molecular weight excluding hydrogens is 377 g/mol. The summed E-state index contributed by atoms with van der Waals surface area (Å²) in [6, 6.07) is 1.90. The van der Waals surface area contributed by atoms with Crippen LogP contribution in [0.25, 0.3) is 5.76 Å². The van der Waals surface area contributed by atoms with Crippen molar-refractivity contribution in [1.82, 2.24) is 4.90 Å². The molecule has 0 aromatic heterocycles. The Kier molecular flexibility index (Phi) is 7.39. The zero-order chi connectivity index (χ0) is 18.6. The fraction of sp³-hybridized carbons (Fsp3) is 0.375. The Balaban J connectivity index is 3.16. The summed E-state index contributed by atoms with van der Waals surface area (Å²) in [5, 5.41) is 12.7. The summed E-state index contributed by atoms with van der Waals surface area (Å²) in [4.78, 5) is 25.3. The Bertz CT molecular complexity index is 650. The molecule has 0 spiro atoms. The summed E-state index contributed by atoms with van der Waals surface area (Å²) in [6.07, 6.45) is 0.833. The molecular formula is C16H17Cl3NO4-. The Labute approximate surface area is 155 Å². The van der Waals surface area contributed by atoms with E-state index in [-0.39, 0.29) is 26.5 Å². The summed E-state index contributed by atoms with van der Waals surface area (Å²) < 4.78 is 4.70. The van der Waals surface area contributed by atoms with Crippen LogP contribution in [0, 0.1) is 5.92 Å². The van der Waals surface area contributed by atoms with E-state index in [1.807, 2.05) is 0 Å². The van der Waals surface area contributed by atoms with E-state index in [0.29, 0.717) is 0 Å². The largest absolute Gasteiger partial charge is 0.872 e. The van der Waals surface area contributed by atoms with Gasteiger partial charge in [-0.25, -0.2) is 4.79 Å². The van der Waals surface area contributed by atoms with Gasteiger partial charge in [-0.05, 0) is 24.1 Å². The summed E-state index contributed by atoms with van der Waals surface area (Å²) >= 11 is 17.7. The van der Waals surface area contributed by atoms with Crippen molar-refractivity contribution in [1.29, 1.82) is 0 Å². The highest BCUT2D eigenvalue weighted by molar-refractivity contribution is 6.40. The van der Waals surface area contributed by atoms with Gasteiger partial charge in [0.2, 0.25) is 5.91 Å². The maximum Gasteiger partial charge on any atom is 0.328 e. The summed E-state index contributed by atoms with van der Waals surface area (Å²) in [7, 11) is 2.65. The molecule has 1 amide bonds. The minimum absolute atomic E-state index is 0.0244. The van der Waals surface area contributed by atoms with Gasteiger partial charge in [-0.15, -0.1) is 0 Å². The molecule has 0 fully saturated rings. The SMILES string of the molecule is COC(=O)C(C(C)C)N(C)C(=O)/C=C(\[O-])c1c(Cl)cc(Cl)cc1Cl. The van der Waals surface area contributed by atoms with Crippen molar-refractivity contribution in [2.24, 2.45) is 5.92 Å². The molecule has 132 valence electrons. The molecule has 0 radical (unpaired) electrons. The van der Waals surface area contributed by atoms with Crippen molar-refractivity contribution in [2.45, 2.75) is 19.9 Å². The molecule has 1 unspecified atom stereocenters. The van der Waals surface area contributed by atoms with E-state index < -0.39 is 23.7 Å². The summed E-state index contributed by atoms with van der Waals surface area (Å²) in [5.74, 6) is -2.10. The minimum atomic E-state index is -0.817. The van der Waals surface area contributed by atoms with Gasteiger partial charge < -0.3 is 14.7 Å². The molecule has 0 bridgehead atoms. The Hall–Kier alpha value is -1.43. The van der Waals surface area contributed by atoms with Crippen LogP contribution in [-0.4, -0.2) is 37.0 Å². The van der Waals surface area contributed by atoms with E-state index in [2.05, 4.69) is 0 Å². The lowest BCUT2D eigenvalue weighted by Crippen LogP contribution is -2.45. The number of hydrogen-bond donors (Lipinski definition) is 0. The van der Waals surface area contributed by atoms with Gasteiger partial charge in [0.15, 0.2) is 0 Å². The highest BCUT2D eigenvalue weighted by Crippen LogP contribution is 2.32. The number of carbonyl (C=O) groups is 2. The average Bonchev–Trinajstić information content (AvgIpc) is 2.45. The number of nitrogens with zero attached hydrogens (tertiary/aromatic N) is 1. The standard InChI is InChI=1S/C16H18Cl3NO4/c1-8(2)15(16(23)24-4)20(3)13(22)7-12(21)14-10(18)5-9(17)6-11(14)19/h5-8,15,21H,1-4H3/p-1/b12-7-. The first-order chi connectivity index (χ1) is 11.1. The Morgan fingerprint density at radius 2 is 1.71 bits per heavy atom. The molecule has 1 aromatic rings. The monoisotopic (exact) mass is 392 g/mol. The second-order valence-electron chi connectivity index (χ2n) is 5.41. The molecule has 1 aromatic carbocycles. The van der Waals surface area contributed by atoms with Crippen molar-refractivity contribution in [3.8, 4) is 0 Å². The molecule has 0 aliphatic heterocycles. The maximum absolute atomic E-state index is 12.3. The number of carbonyl (C=O) groups excluding carboxylic acids is 2. The first-order valence-corrected chi connectivity index (χ1v) is 8.11. The van der Waals surface area contributed by atoms with E-state index in [0.717, 1.165) is 11.0 Å². The van der Waals surface area contributed by atoms with Crippen molar-refractivity contribution >= 4 is 52.4 Å². The predicted molar refractivity (Wildman–Crippen MR) is 92.9 cm³/mol. The van der Waals surface area contributed by atoms with E-state index in [9.17, 15) is 14.7 Å². The molecule has 0 aliphatic carbocycles. The molecule has 0 N–H and O–H groups in total. The van der Waals surface area contributed by atoms with Crippen molar-refractivity contribution in [2.75, 3.05) is 14.2 Å². The molecule has 1 atom stereocenters. The molecule has 0 aliphatic rings. The summed E-state index contributed by atoms with van der Waals surface area (Å²) in [5.41, 5.74) is -0.0244. The van der Waals surface area contributed by atoms with Crippen LogP contribution in [-0.2, 0) is 14.3 Å². The van der Waals surface area contributed by atoms with Crippen LogP contribution >= 0.6 is 34.8 Å². The quantitative estimate of drug-likeness (QED) is 0.438. The number of halogens is 3. The van der Waals surface area contributed by atoms with Crippen molar-refractivity contribution in [3.05, 3.63) is 38.8 Å². The van der Waals surface area contributed by atoms with Crippen LogP contribution in [0.1, 0.15) is 19.4 Å². The van der Waals surface area contributed by atoms with E-state index in [4.69, 9.17) is 39.5 Å². The van der Waals surface area contributed by atoms with Crippen LogP contribution in [0.2, 0.25) is 15.1 Å². The molecule has 0 heterocycles. The van der Waals surface area contributed by atoms with Gasteiger partial charge in [0.25, 0.3) is 0 Å². The van der Waals surface area contributed by atoms with Crippen LogP contribution in [0.15, 0.2) is 18.2 Å². The lowest BCUT2D eigenvalue weighted by molar-refractivity contribution is -0.244. The second kappa shape index (κ2) is 8.60. The molecule has 0 saturated heterocycles. The van der Waals surface area contributed by atoms with Gasteiger partial charge in [-0.1, -0.05) is 54.4 Å². The van der Waals surface area contributed by atoms with Crippen molar-refractivity contribution in [3.63, 3.8) is 0 Å². The zero-order valence-electron chi connectivity index (χ0n) is 13.6. The smallest absolute Gasteiger partial charge is 0.328 e. The normalized spacial score (nSPS) is 12.9. The van der Waals surface area contributed by atoms with Crippen LogP contribution < -0.4 is 5.11 Å². The van der Waals surface area contributed by atoms with E-state index in [1.54, 1.807) is 13.8 Å². The maximum atomic E-state index is 12.3. The average molecular weight is 394 g/mol. The number of esters is 1. The fourth-order valence-electron chi connectivity index (χ4n) is 2.20. The van der Waals surface area contributed by atoms with Gasteiger partial charge in [0.05, 0.1) is 17.2 Å². The Morgan fingerprint density at radius 1 is 1.21 bits per heavy atom. The van der Waals surface area contributed by atoms with Crippen LogP contribution in [0.5, 0.6) is 0 Å². The third kappa shape index (κ3) is 4.79. The van der Waals surface area contributed by atoms with E-state index in [1.165, 1.54) is 26.3 Å². The number of hydrogen-bond acceptors (Lipinski definition) is 4. The highest BCUT2D eigenvalue weighted by atomic mass is 35.5. The molecule has 0 saturated carbocycles. The first kappa shape index (κ1) is 20.6. The minimum Gasteiger partial charge on any atom is -0.872 e. The van der Waals surface area contributed by atoms with Gasteiger partial charge in [-0.3, -0.25) is 4.79 Å². The van der Waals surface area contributed by atoms with E-state index >= 15 is 0 Å². The molecule has 5 nitrogen and oxygen atoms in total. The number of rotatable bonds is 5. The third-order valence-corrected chi connectivity index (χ3v) is 4.16. The fourth-order valence-corrected chi connectivity index (χ4v) is 3.20. The molecule has 24 heavy (non-hydrogen) atoms. The molecule has 8 heteroatoms. The number of methoxy groups -OCH3 is 1. The topological polar surface area (TPSA) is 69.7 Å². The van der Waals surface area contributed by atoms with Crippen LogP contribution in [0.3, 0.4) is 0 Å². The number of likely N-dealkylation sites (N-methyl/N-ethyl adjacent to an activating group) is 1. The zero-order valence-corrected chi connectivity index (χ0v) is 15.9. The lowest BCUT2D eigenvalue weighted by atomic mass is 10.0. The van der Waals surface area contributed by atoms with Gasteiger partial charge in [0.1, 0.15) is 6.04 Å². The van der Waals surface area contributed by atoms with Crippen LogP contribution in [0.4, 0.5) is 0 Å². The number of ether oxygens (including phenoxy) is 1. The predicted octanol–water partition coefficient (Wildman–Crippen LogP) is 3.00. The summed E-state index contributed by atoms with van der Waals surface area (Å²) in [6.45, 7) is 3.53. The Morgan fingerprint density at radius 3 is 2.12 bits per heavy atom. The first-order valence-electron chi connectivity index (χ1n) is 6.98. The number of amides is 1. The van der Waals surface area contributed by atoms with Gasteiger partial charge in [-0.2, -0.15) is 0 Å². The molecule has 1 rings (SSSR count).